The van der Waals surface area contributed by atoms with E-state index in [1.54, 1.807) is 18.2 Å². The number of aliphatic carboxylic acids is 1. The van der Waals surface area contributed by atoms with Gasteiger partial charge in [0.05, 0.1) is 34.5 Å². The van der Waals surface area contributed by atoms with Gasteiger partial charge in [0.1, 0.15) is 0 Å². The lowest BCUT2D eigenvalue weighted by atomic mass is 10.1. The Morgan fingerprint density at radius 1 is 0.846 bits per heavy atom. The van der Waals surface area contributed by atoms with E-state index in [-0.39, 0.29) is 6.10 Å². The second-order valence-corrected chi connectivity index (χ2v) is 9.23. The van der Waals surface area contributed by atoms with Crippen molar-refractivity contribution in [2.75, 3.05) is 28.4 Å². The van der Waals surface area contributed by atoms with Crippen molar-refractivity contribution in [2.24, 2.45) is 0 Å². The van der Waals surface area contributed by atoms with E-state index in [1.165, 1.54) is 60.2 Å². The molecule has 0 heterocycles. The number of rotatable bonds is 20. The number of carbonyl (C=O) groups excluding carboxylic acids is 1. The molecule has 8 heteroatoms. The van der Waals surface area contributed by atoms with Crippen LogP contribution in [0.1, 0.15) is 96.0 Å². The molecule has 0 aliphatic carbocycles. The number of aliphatic hydroxyl groups excluding tert-OH is 1. The maximum atomic E-state index is 11.0. The third-order valence-corrected chi connectivity index (χ3v) is 6.03. The van der Waals surface area contributed by atoms with Gasteiger partial charge in [-0.15, -0.1) is 0 Å². The van der Waals surface area contributed by atoms with E-state index >= 15 is 0 Å². The standard InChI is InChI=1S/C18H34O3.C13H16O5/c1-2-3-4-11-14-17(19)15-12-9-7-5-6-8-10-13-16-18(20)21;1-15-10-7-9(5-6-12(14)17-3)8-11(16-2)13(10)18-4/h9,12,17,19H,2-8,10-11,13-16H2,1H3,(H,20,21);5-8H,1-4H3/b12-9-;/t17-;/m1./s1. The zero-order valence-corrected chi connectivity index (χ0v) is 24.6. The van der Waals surface area contributed by atoms with Crippen LogP contribution in [0.25, 0.3) is 6.08 Å². The Hall–Kier alpha value is -3.00. The van der Waals surface area contributed by atoms with Crippen molar-refractivity contribution in [1.29, 1.82) is 0 Å². The molecule has 0 amide bonds. The molecule has 0 unspecified atom stereocenters. The minimum Gasteiger partial charge on any atom is -0.493 e. The van der Waals surface area contributed by atoms with Gasteiger partial charge in [0.15, 0.2) is 11.5 Å². The molecule has 222 valence electrons. The summed E-state index contributed by atoms with van der Waals surface area (Å²) in [5.74, 6) is 0.452. The first-order valence-electron chi connectivity index (χ1n) is 13.9. The Bertz CT molecular complexity index is 822. The summed E-state index contributed by atoms with van der Waals surface area (Å²) in [6.45, 7) is 2.20. The van der Waals surface area contributed by atoms with Crippen LogP contribution in [0.3, 0.4) is 0 Å². The van der Waals surface area contributed by atoms with Gasteiger partial charge in [0, 0.05) is 12.5 Å². The smallest absolute Gasteiger partial charge is 0.330 e. The molecule has 2 N–H and O–H groups in total. The predicted octanol–water partition coefficient (Wildman–Crippen LogP) is 6.98. The molecule has 8 nitrogen and oxygen atoms in total. The molecule has 0 bridgehead atoms. The number of carboxylic acids is 1. The highest BCUT2D eigenvalue weighted by Gasteiger charge is 2.12. The summed E-state index contributed by atoms with van der Waals surface area (Å²) in [5, 5.41) is 18.3. The lowest BCUT2D eigenvalue weighted by molar-refractivity contribution is -0.137. The van der Waals surface area contributed by atoms with Crippen LogP contribution in [-0.2, 0) is 14.3 Å². The molecule has 0 saturated heterocycles. The molecule has 1 aromatic carbocycles. The molecule has 0 fully saturated rings. The van der Waals surface area contributed by atoms with E-state index in [9.17, 15) is 14.7 Å². The molecule has 0 spiro atoms. The van der Waals surface area contributed by atoms with Crippen LogP contribution in [0.4, 0.5) is 0 Å². The predicted molar refractivity (Wildman–Crippen MR) is 156 cm³/mol. The van der Waals surface area contributed by atoms with E-state index in [1.807, 2.05) is 0 Å². The van der Waals surface area contributed by atoms with Crippen molar-refractivity contribution in [1.82, 2.24) is 0 Å². The number of methoxy groups -OCH3 is 4. The number of allylic oxidation sites excluding steroid dienone is 1. The molecule has 0 radical (unpaired) electrons. The fourth-order valence-electron chi connectivity index (χ4n) is 3.79. The van der Waals surface area contributed by atoms with Crippen LogP contribution in [0.5, 0.6) is 17.2 Å². The summed E-state index contributed by atoms with van der Waals surface area (Å²) in [4.78, 5) is 21.4. The maximum absolute atomic E-state index is 11.0. The lowest BCUT2D eigenvalue weighted by Gasteiger charge is -2.12. The van der Waals surface area contributed by atoms with E-state index in [4.69, 9.17) is 19.3 Å². The van der Waals surface area contributed by atoms with Gasteiger partial charge in [0.2, 0.25) is 5.75 Å². The zero-order chi connectivity index (χ0) is 29.3. The van der Waals surface area contributed by atoms with E-state index in [2.05, 4.69) is 23.8 Å². The first-order chi connectivity index (χ1) is 18.8. The summed E-state index contributed by atoms with van der Waals surface area (Å²) in [6.07, 6.45) is 20.3. The number of aliphatic hydroxyl groups is 1. The number of carbonyl (C=O) groups is 2. The number of hydrogen-bond acceptors (Lipinski definition) is 7. The number of esters is 1. The van der Waals surface area contributed by atoms with Crippen molar-refractivity contribution in [3.8, 4) is 17.2 Å². The molecule has 0 aromatic heterocycles. The van der Waals surface area contributed by atoms with Gasteiger partial charge in [-0.1, -0.05) is 64.0 Å². The highest BCUT2D eigenvalue weighted by molar-refractivity contribution is 5.87. The van der Waals surface area contributed by atoms with Crippen LogP contribution in [-0.4, -0.2) is 56.7 Å². The minimum atomic E-state index is -0.689. The topological polar surface area (TPSA) is 112 Å². The number of unbranched alkanes of at least 4 members (excludes halogenated alkanes) is 8. The summed E-state index contributed by atoms with van der Waals surface area (Å²) in [5.41, 5.74) is 0.745. The average molecular weight is 551 g/mol. The van der Waals surface area contributed by atoms with Crippen LogP contribution in [0.15, 0.2) is 30.4 Å². The molecule has 1 aromatic rings. The van der Waals surface area contributed by atoms with Crippen molar-refractivity contribution in [2.45, 2.75) is 96.5 Å². The van der Waals surface area contributed by atoms with Gasteiger partial charge < -0.3 is 29.2 Å². The van der Waals surface area contributed by atoms with Gasteiger partial charge in [-0.25, -0.2) is 4.79 Å². The molecule has 0 aliphatic rings. The molecule has 0 aliphatic heterocycles. The third kappa shape index (κ3) is 18.8. The largest absolute Gasteiger partial charge is 0.493 e. The fraction of sp³-hybridized carbons (Fsp3) is 0.613. The second-order valence-electron chi connectivity index (χ2n) is 9.23. The van der Waals surface area contributed by atoms with Crippen molar-refractivity contribution in [3.63, 3.8) is 0 Å². The molecule has 1 rings (SSSR count). The van der Waals surface area contributed by atoms with Crippen LogP contribution in [0.2, 0.25) is 0 Å². The third-order valence-electron chi connectivity index (χ3n) is 6.03. The molecule has 0 saturated carbocycles. The Balaban J connectivity index is 0.000000748. The first-order valence-corrected chi connectivity index (χ1v) is 13.9. The normalized spacial score (nSPS) is 11.6. The Morgan fingerprint density at radius 3 is 2.03 bits per heavy atom. The second kappa shape index (κ2) is 24.1. The van der Waals surface area contributed by atoms with E-state index in [0.29, 0.717) is 23.7 Å². The fourth-order valence-corrected chi connectivity index (χ4v) is 3.79. The van der Waals surface area contributed by atoms with Gasteiger partial charge in [-0.2, -0.15) is 0 Å². The SMILES string of the molecule is CCCCCC[C@@H](O)C/C=C\CCCCCCCC(=O)O.COC(=O)C=Cc1cc(OC)c(OC)c(OC)c1. The number of carboxylic acid groups (broad SMARTS) is 1. The lowest BCUT2D eigenvalue weighted by Crippen LogP contribution is -2.04. The minimum absolute atomic E-state index is 0.172. The summed E-state index contributed by atoms with van der Waals surface area (Å²) >= 11 is 0. The monoisotopic (exact) mass is 550 g/mol. The van der Waals surface area contributed by atoms with Gasteiger partial charge in [-0.05, 0) is 55.9 Å². The Labute approximate surface area is 235 Å². The summed E-state index contributed by atoms with van der Waals surface area (Å²) in [7, 11) is 5.92. The van der Waals surface area contributed by atoms with Crippen LogP contribution < -0.4 is 14.2 Å². The van der Waals surface area contributed by atoms with E-state index in [0.717, 1.165) is 56.9 Å². The molecular formula is C31H50O8. The van der Waals surface area contributed by atoms with Gasteiger partial charge >= 0.3 is 11.9 Å². The Morgan fingerprint density at radius 2 is 1.46 bits per heavy atom. The highest BCUT2D eigenvalue weighted by Crippen LogP contribution is 2.38. The van der Waals surface area contributed by atoms with Crippen molar-refractivity contribution < 1.29 is 38.7 Å². The maximum Gasteiger partial charge on any atom is 0.330 e. The molecule has 39 heavy (non-hydrogen) atoms. The number of ether oxygens (including phenoxy) is 4. The highest BCUT2D eigenvalue weighted by atomic mass is 16.5. The number of benzene rings is 1. The quantitative estimate of drug-likeness (QED) is 0.0774. The van der Waals surface area contributed by atoms with Crippen molar-refractivity contribution >= 4 is 18.0 Å². The summed E-state index contributed by atoms with van der Waals surface area (Å²) < 4.78 is 20.1. The van der Waals surface area contributed by atoms with Crippen LogP contribution in [0, 0.1) is 0 Å². The zero-order valence-electron chi connectivity index (χ0n) is 24.6. The van der Waals surface area contributed by atoms with Gasteiger partial charge in [0.25, 0.3) is 0 Å². The Kier molecular flexibility index (Phi) is 22.2. The van der Waals surface area contributed by atoms with Gasteiger partial charge in [-0.3, -0.25) is 4.79 Å². The van der Waals surface area contributed by atoms with Crippen molar-refractivity contribution in [3.05, 3.63) is 35.9 Å². The average Bonchev–Trinajstić information content (AvgIpc) is 2.94. The molecular weight excluding hydrogens is 500 g/mol. The summed E-state index contributed by atoms with van der Waals surface area (Å²) in [6, 6.07) is 3.47. The first kappa shape index (κ1) is 36.0. The number of hydrogen-bond donors (Lipinski definition) is 2. The van der Waals surface area contributed by atoms with E-state index < -0.39 is 11.9 Å². The van der Waals surface area contributed by atoms with Crippen LogP contribution >= 0.6 is 0 Å². The molecule has 1 atom stereocenters.